The first-order chi connectivity index (χ1) is 8.65. The third-order valence-electron chi connectivity index (χ3n) is 3.26. The molecule has 6 nitrogen and oxygen atoms in total. The van der Waals surface area contributed by atoms with Crippen LogP contribution in [0.1, 0.15) is 36.2 Å². The highest BCUT2D eigenvalue weighted by atomic mass is 16.4. The summed E-state index contributed by atoms with van der Waals surface area (Å²) in [4.78, 5) is 18.4. The van der Waals surface area contributed by atoms with E-state index in [0.29, 0.717) is 11.7 Å². The maximum atomic E-state index is 10.6. The van der Waals surface area contributed by atoms with Gasteiger partial charge in [0, 0.05) is 6.54 Å². The van der Waals surface area contributed by atoms with Gasteiger partial charge in [-0.3, -0.25) is 0 Å². The van der Waals surface area contributed by atoms with Gasteiger partial charge < -0.3 is 15.5 Å². The highest BCUT2D eigenvalue weighted by Crippen LogP contribution is 2.24. The lowest BCUT2D eigenvalue weighted by Crippen LogP contribution is -2.23. The van der Waals surface area contributed by atoms with Crippen LogP contribution in [0.2, 0.25) is 0 Å². The molecule has 98 valence electrons. The molecular formula is C12H17N3O3. The van der Waals surface area contributed by atoms with Crippen molar-refractivity contribution in [2.24, 2.45) is 5.92 Å². The molecule has 0 atom stereocenters. The molecule has 1 aromatic rings. The Morgan fingerprint density at radius 2 is 2.00 bits per heavy atom. The second-order valence-electron chi connectivity index (χ2n) is 4.65. The molecule has 0 aromatic carbocycles. The molecule has 0 unspecified atom stereocenters. The summed E-state index contributed by atoms with van der Waals surface area (Å²) in [5.74, 6) is 0.0517. The second kappa shape index (κ2) is 5.77. The maximum Gasteiger partial charge on any atom is 0.356 e. The summed E-state index contributed by atoms with van der Waals surface area (Å²) in [6, 6.07) is 0. The fourth-order valence-electron chi connectivity index (χ4n) is 2.13. The summed E-state index contributed by atoms with van der Waals surface area (Å²) < 4.78 is 0. The van der Waals surface area contributed by atoms with Crippen LogP contribution in [0.5, 0.6) is 0 Å². The van der Waals surface area contributed by atoms with E-state index in [1.165, 1.54) is 12.4 Å². The van der Waals surface area contributed by atoms with Gasteiger partial charge >= 0.3 is 5.97 Å². The Morgan fingerprint density at radius 3 is 2.56 bits per heavy atom. The van der Waals surface area contributed by atoms with Crippen molar-refractivity contribution < 1.29 is 15.0 Å². The van der Waals surface area contributed by atoms with Crippen molar-refractivity contribution in [1.82, 2.24) is 9.97 Å². The Labute approximate surface area is 105 Å². The number of aromatic nitrogens is 2. The molecule has 2 rings (SSSR count). The average Bonchev–Trinajstić information content (AvgIpc) is 2.38. The van der Waals surface area contributed by atoms with E-state index in [2.05, 4.69) is 15.3 Å². The largest absolute Gasteiger partial charge is 0.476 e. The number of anilines is 1. The quantitative estimate of drug-likeness (QED) is 0.742. The van der Waals surface area contributed by atoms with Crippen molar-refractivity contribution in [3.63, 3.8) is 0 Å². The molecule has 0 amide bonds. The minimum Gasteiger partial charge on any atom is -0.476 e. The van der Waals surface area contributed by atoms with Crippen LogP contribution in [0.25, 0.3) is 0 Å². The van der Waals surface area contributed by atoms with Gasteiger partial charge in [0.15, 0.2) is 5.69 Å². The van der Waals surface area contributed by atoms with Gasteiger partial charge in [0.1, 0.15) is 5.82 Å². The normalized spacial score (nSPS) is 23.6. The van der Waals surface area contributed by atoms with Crippen LogP contribution in [0.3, 0.4) is 0 Å². The third-order valence-corrected chi connectivity index (χ3v) is 3.26. The summed E-state index contributed by atoms with van der Waals surface area (Å²) in [6.07, 6.45) is 6.27. The van der Waals surface area contributed by atoms with Gasteiger partial charge in [0.25, 0.3) is 0 Å². The first kappa shape index (κ1) is 12.8. The zero-order valence-corrected chi connectivity index (χ0v) is 10.0. The van der Waals surface area contributed by atoms with Crippen LogP contribution in [0.15, 0.2) is 12.4 Å². The number of hydrogen-bond donors (Lipinski definition) is 3. The van der Waals surface area contributed by atoms with E-state index in [1.807, 2.05) is 0 Å². The molecule has 1 aliphatic carbocycles. The van der Waals surface area contributed by atoms with Crippen LogP contribution in [0.4, 0.5) is 5.82 Å². The van der Waals surface area contributed by atoms with Gasteiger partial charge in [0.05, 0.1) is 18.5 Å². The molecule has 6 heteroatoms. The number of nitrogens with zero attached hydrogens (tertiary/aromatic N) is 2. The molecule has 1 saturated carbocycles. The van der Waals surface area contributed by atoms with Crippen LogP contribution < -0.4 is 5.32 Å². The predicted molar refractivity (Wildman–Crippen MR) is 65.4 cm³/mol. The van der Waals surface area contributed by atoms with E-state index in [9.17, 15) is 9.90 Å². The first-order valence-electron chi connectivity index (χ1n) is 6.12. The lowest BCUT2D eigenvalue weighted by molar-refractivity contribution is 0.0690. The molecule has 0 radical (unpaired) electrons. The van der Waals surface area contributed by atoms with E-state index in [1.54, 1.807) is 0 Å². The van der Waals surface area contributed by atoms with E-state index in [4.69, 9.17) is 5.11 Å². The molecule has 0 saturated heterocycles. The lowest BCUT2D eigenvalue weighted by Gasteiger charge is -2.25. The number of carboxylic acids is 1. The molecule has 0 aliphatic heterocycles. The molecular weight excluding hydrogens is 234 g/mol. The number of carboxylic acid groups (broad SMARTS) is 1. The fourth-order valence-corrected chi connectivity index (χ4v) is 2.13. The molecule has 1 aliphatic rings. The Morgan fingerprint density at radius 1 is 1.28 bits per heavy atom. The molecule has 1 fully saturated rings. The van der Waals surface area contributed by atoms with Gasteiger partial charge in [-0.15, -0.1) is 0 Å². The summed E-state index contributed by atoms with van der Waals surface area (Å²) in [5, 5.41) is 21.2. The molecule has 3 N–H and O–H groups in total. The monoisotopic (exact) mass is 251 g/mol. The van der Waals surface area contributed by atoms with Gasteiger partial charge in [0.2, 0.25) is 0 Å². The lowest BCUT2D eigenvalue weighted by atomic mass is 9.87. The summed E-state index contributed by atoms with van der Waals surface area (Å²) in [7, 11) is 0. The highest BCUT2D eigenvalue weighted by molar-refractivity contribution is 5.84. The average molecular weight is 251 g/mol. The minimum atomic E-state index is -1.07. The van der Waals surface area contributed by atoms with E-state index >= 15 is 0 Å². The van der Waals surface area contributed by atoms with Crippen molar-refractivity contribution >= 4 is 11.8 Å². The first-order valence-corrected chi connectivity index (χ1v) is 6.12. The number of hydrogen-bond acceptors (Lipinski definition) is 5. The van der Waals surface area contributed by atoms with Gasteiger partial charge in [-0.1, -0.05) is 0 Å². The zero-order valence-electron chi connectivity index (χ0n) is 10.0. The van der Waals surface area contributed by atoms with Crippen molar-refractivity contribution in [3.05, 3.63) is 18.1 Å². The third kappa shape index (κ3) is 3.40. The van der Waals surface area contributed by atoms with Gasteiger partial charge in [-0.25, -0.2) is 14.8 Å². The van der Waals surface area contributed by atoms with Crippen LogP contribution in [-0.2, 0) is 0 Å². The molecule has 0 spiro atoms. The molecule has 1 heterocycles. The Bertz CT molecular complexity index is 400. The summed E-state index contributed by atoms with van der Waals surface area (Å²) >= 11 is 0. The van der Waals surface area contributed by atoms with Crippen LogP contribution in [-0.4, -0.2) is 38.8 Å². The number of carbonyl (C=O) groups is 1. The van der Waals surface area contributed by atoms with Gasteiger partial charge in [-0.2, -0.15) is 0 Å². The van der Waals surface area contributed by atoms with Crippen molar-refractivity contribution in [2.75, 3.05) is 11.9 Å². The number of nitrogens with one attached hydrogen (secondary N) is 1. The summed E-state index contributed by atoms with van der Waals surface area (Å²) in [6.45, 7) is 0.786. The summed E-state index contributed by atoms with van der Waals surface area (Å²) in [5.41, 5.74) is -0.0543. The van der Waals surface area contributed by atoms with E-state index < -0.39 is 5.97 Å². The number of aliphatic hydroxyl groups is 1. The van der Waals surface area contributed by atoms with Crippen LogP contribution in [0, 0.1) is 5.92 Å². The predicted octanol–water partition coefficient (Wildman–Crippen LogP) is 1.14. The SMILES string of the molecule is O=C(O)c1cnc(NCC2CCC(O)CC2)cn1. The fraction of sp³-hybridized carbons (Fsp3) is 0.583. The van der Waals surface area contributed by atoms with E-state index in [0.717, 1.165) is 32.2 Å². The topological polar surface area (TPSA) is 95.3 Å². The zero-order chi connectivity index (χ0) is 13.0. The van der Waals surface area contributed by atoms with Crippen molar-refractivity contribution in [3.8, 4) is 0 Å². The highest BCUT2D eigenvalue weighted by Gasteiger charge is 2.19. The van der Waals surface area contributed by atoms with Crippen molar-refractivity contribution in [2.45, 2.75) is 31.8 Å². The smallest absolute Gasteiger partial charge is 0.356 e. The standard InChI is InChI=1S/C12H17N3O3/c16-9-3-1-8(2-4-9)5-14-11-7-13-10(6-15-11)12(17)18/h6-9,16H,1-5H2,(H,14,15)(H,17,18). The second-order valence-corrected chi connectivity index (χ2v) is 4.65. The Hall–Kier alpha value is -1.69. The van der Waals surface area contributed by atoms with Crippen molar-refractivity contribution in [1.29, 1.82) is 0 Å². The van der Waals surface area contributed by atoms with Gasteiger partial charge in [-0.05, 0) is 31.6 Å². The number of rotatable bonds is 4. The molecule has 18 heavy (non-hydrogen) atoms. The number of aliphatic hydroxyl groups excluding tert-OH is 1. The maximum absolute atomic E-state index is 10.6. The molecule has 1 aromatic heterocycles. The minimum absolute atomic E-state index is 0.0543. The van der Waals surface area contributed by atoms with E-state index in [-0.39, 0.29) is 11.8 Å². The Kier molecular flexibility index (Phi) is 4.09. The molecule has 0 bridgehead atoms. The van der Waals surface area contributed by atoms with Crippen LogP contribution >= 0.6 is 0 Å². The Balaban J connectivity index is 1.81. The number of aromatic carboxylic acids is 1.